The van der Waals surface area contributed by atoms with Crippen LogP contribution in [-0.2, 0) is 20.7 Å². The number of fused-ring (bicyclic) bond motifs is 3. The summed E-state index contributed by atoms with van der Waals surface area (Å²) in [5, 5.41) is 11.6. The summed E-state index contributed by atoms with van der Waals surface area (Å²) in [5.74, 6) is -1.37. The molecule has 0 saturated heterocycles. The number of anilines is 1. The predicted molar refractivity (Wildman–Crippen MR) is 129 cm³/mol. The van der Waals surface area contributed by atoms with Crippen LogP contribution in [0.25, 0.3) is 11.1 Å². The van der Waals surface area contributed by atoms with Crippen LogP contribution >= 0.6 is 0 Å². The molecule has 2 amide bonds. The van der Waals surface area contributed by atoms with Crippen LogP contribution in [0, 0.1) is 0 Å². The number of ether oxygens (including phenoxy) is 1. The van der Waals surface area contributed by atoms with Crippen molar-refractivity contribution in [2.24, 2.45) is 0 Å². The van der Waals surface area contributed by atoms with Crippen molar-refractivity contribution in [1.82, 2.24) is 4.90 Å². The number of hydrogen-bond donors (Lipinski definition) is 2. The lowest BCUT2D eigenvalue weighted by Crippen LogP contribution is -2.32. The third-order valence-corrected chi connectivity index (χ3v) is 6.00. The maximum atomic E-state index is 12.6. The number of carboxylic acid groups (broad SMARTS) is 1. The summed E-state index contributed by atoms with van der Waals surface area (Å²) in [6, 6.07) is 23.5. The van der Waals surface area contributed by atoms with E-state index in [9.17, 15) is 14.4 Å². The molecule has 0 heterocycles. The zero-order valence-electron chi connectivity index (χ0n) is 18.9. The summed E-state index contributed by atoms with van der Waals surface area (Å²) >= 11 is 0. The van der Waals surface area contributed by atoms with Gasteiger partial charge < -0.3 is 14.7 Å². The van der Waals surface area contributed by atoms with Gasteiger partial charge in [0.2, 0.25) is 5.91 Å². The van der Waals surface area contributed by atoms with Crippen LogP contribution in [0.4, 0.5) is 10.5 Å². The van der Waals surface area contributed by atoms with Crippen LogP contribution in [0.3, 0.4) is 0 Å². The van der Waals surface area contributed by atoms with Gasteiger partial charge in [0.15, 0.2) is 0 Å². The zero-order chi connectivity index (χ0) is 24.1. The van der Waals surface area contributed by atoms with Gasteiger partial charge in [-0.3, -0.25) is 14.9 Å². The number of aliphatic carboxylic acids is 1. The highest BCUT2D eigenvalue weighted by atomic mass is 16.5. The minimum absolute atomic E-state index is 0.0317. The Morgan fingerprint density at radius 1 is 0.912 bits per heavy atom. The summed E-state index contributed by atoms with van der Waals surface area (Å²) in [4.78, 5) is 36.8. The number of carboxylic acids is 1. The predicted octanol–water partition coefficient (Wildman–Crippen LogP) is 4.52. The molecule has 34 heavy (non-hydrogen) atoms. The van der Waals surface area contributed by atoms with Crippen LogP contribution in [0.5, 0.6) is 0 Å². The topological polar surface area (TPSA) is 95.9 Å². The number of nitrogens with one attached hydrogen (secondary N) is 1. The first-order valence-corrected chi connectivity index (χ1v) is 11.1. The molecule has 4 rings (SSSR count). The van der Waals surface area contributed by atoms with Gasteiger partial charge in [-0.25, -0.2) is 4.79 Å². The maximum absolute atomic E-state index is 12.6. The Morgan fingerprint density at radius 2 is 1.50 bits per heavy atom. The average Bonchev–Trinajstić information content (AvgIpc) is 3.15. The van der Waals surface area contributed by atoms with E-state index in [0.29, 0.717) is 12.1 Å². The Bertz CT molecular complexity index is 1180. The molecule has 0 unspecified atom stereocenters. The Kier molecular flexibility index (Phi) is 6.92. The number of nitrogens with zero attached hydrogens (tertiary/aromatic N) is 1. The van der Waals surface area contributed by atoms with Gasteiger partial charge in [0.05, 0.1) is 0 Å². The van der Waals surface area contributed by atoms with Crippen molar-refractivity contribution >= 4 is 23.7 Å². The maximum Gasteiger partial charge on any atom is 0.411 e. The van der Waals surface area contributed by atoms with Crippen molar-refractivity contribution in [1.29, 1.82) is 0 Å². The second kappa shape index (κ2) is 10.2. The fourth-order valence-electron chi connectivity index (χ4n) is 4.33. The molecule has 0 atom stereocenters. The Labute approximate surface area is 198 Å². The first-order chi connectivity index (χ1) is 16.4. The Balaban J connectivity index is 1.38. The van der Waals surface area contributed by atoms with Crippen molar-refractivity contribution in [3.05, 3.63) is 89.5 Å². The van der Waals surface area contributed by atoms with Gasteiger partial charge in [0, 0.05) is 25.1 Å². The van der Waals surface area contributed by atoms with Crippen molar-refractivity contribution < 1.29 is 24.2 Å². The molecular formula is C27H26N2O5. The van der Waals surface area contributed by atoms with Gasteiger partial charge in [0.25, 0.3) is 0 Å². The van der Waals surface area contributed by atoms with Gasteiger partial charge in [-0.1, -0.05) is 66.7 Å². The van der Waals surface area contributed by atoms with Crippen molar-refractivity contribution in [2.75, 3.05) is 25.5 Å². The molecule has 3 aromatic carbocycles. The van der Waals surface area contributed by atoms with Crippen molar-refractivity contribution in [2.45, 2.75) is 18.8 Å². The molecule has 3 aromatic rings. The summed E-state index contributed by atoms with van der Waals surface area (Å²) in [6.07, 6.45) is -0.0703. The van der Waals surface area contributed by atoms with E-state index in [2.05, 4.69) is 29.6 Å². The second-order valence-corrected chi connectivity index (χ2v) is 8.25. The van der Waals surface area contributed by atoms with E-state index in [1.807, 2.05) is 36.4 Å². The number of aryl methyl sites for hydroxylation is 1. The number of carbonyl (C=O) groups excluding carboxylic acids is 2. The van der Waals surface area contributed by atoms with Crippen molar-refractivity contribution in [3.63, 3.8) is 0 Å². The third kappa shape index (κ3) is 5.09. The number of carbonyl (C=O) groups is 3. The lowest BCUT2D eigenvalue weighted by Gasteiger charge is -2.17. The largest absolute Gasteiger partial charge is 0.480 e. The summed E-state index contributed by atoms with van der Waals surface area (Å²) in [7, 11) is 1.46. The first kappa shape index (κ1) is 23.0. The Morgan fingerprint density at radius 3 is 2.15 bits per heavy atom. The molecule has 0 spiro atoms. The average molecular weight is 459 g/mol. The molecule has 1 aliphatic rings. The molecule has 7 nitrogen and oxygen atoms in total. The highest BCUT2D eigenvalue weighted by Crippen LogP contribution is 2.44. The zero-order valence-corrected chi connectivity index (χ0v) is 18.9. The molecule has 0 saturated carbocycles. The molecule has 0 radical (unpaired) electrons. The smallest absolute Gasteiger partial charge is 0.411 e. The van der Waals surface area contributed by atoms with E-state index in [-0.39, 0.29) is 31.4 Å². The van der Waals surface area contributed by atoms with Gasteiger partial charge in [-0.2, -0.15) is 0 Å². The van der Waals surface area contributed by atoms with Crippen LogP contribution in [0.15, 0.2) is 72.8 Å². The minimum atomic E-state index is -1.06. The fraction of sp³-hybridized carbons (Fsp3) is 0.222. The van der Waals surface area contributed by atoms with E-state index in [1.165, 1.54) is 11.9 Å². The van der Waals surface area contributed by atoms with Gasteiger partial charge >= 0.3 is 12.1 Å². The highest BCUT2D eigenvalue weighted by molar-refractivity contribution is 5.86. The lowest BCUT2D eigenvalue weighted by molar-refractivity contribution is -0.143. The van der Waals surface area contributed by atoms with Gasteiger partial charge in [0.1, 0.15) is 13.2 Å². The number of amides is 2. The van der Waals surface area contributed by atoms with E-state index >= 15 is 0 Å². The normalized spacial score (nSPS) is 11.9. The van der Waals surface area contributed by atoms with Crippen LogP contribution in [0.1, 0.15) is 29.0 Å². The van der Waals surface area contributed by atoms with Gasteiger partial charge in [-0.15, -0.1) is 0 Å². The number of para-hydroxylation sites is 1. The van der Waals surface area contributed by atoms with E-state index < -0.39 is 12.1 Å². The van der Waals surface area contributed by atoms with Crippen molar-refractivity contribution in [3.8, 4) is 11.1 Å². The third-order valence-electron chi connectivity index (χ3n) is 6.00. The molecule has 0 fully saturated rings. The van der Waals surface area contributed by atoms with Crippen LogP contribution < -0.4 is 5.32 Å². The second-order valence-electron chi connectivity index (χ2n) is 8.25. The number of benzene rings is 3. The quantitative estimate of drug-likeness (QED) is 0.517. The standard InChI is InChI=1S/C27H26N2O5/c1-29(16-26(31)32)25(30)15-14-18-8-2-7-13-24(18)28-27(33)34-17-23-21-11-5-3-9-19(21)20-10-4-6-12-22(20)23/h2-13,23H,14-17H2,1H3,(H,28,33)(H,31,32). The molecule has 7 heteroatoms. The number of likely N-dealkylation sites (N-methyl/N-ethyl adjacent to an activating group) is 1. The van der Waals surface area contributed by atoms with Crippen LogP contribution in [-0.4, -0.2) is 48.2 Å². The van der Waals surface area contributed by atoms with Crippen LogP contribution in [0.2, 0.25) is 0 Å². The monoisotopic (exact) mass is 458 g/mol. The summed E-state index contributed by atoms with van der Waals surface area (Å²) < 4.78 is 5.62. The molecule has 0 aliphatic heterocycles. The molecular weight excluding hydrogens is 432 g/mol. The molecule has 1 aliphatic carbocycles. The molecule has 0 aromatic heterocycles. The Hall–Kier alpha value is -4.13. The first-order valence-electron chi connectivity index (χ1n) is 11.1. The number of rotatable bonds is 8. The minimum Gasteiger partial charge on any atom is -0.480 e. The number of hydrogen-bond acceptors (Lipinski definition) is 4. The summed E-state index contributed by atoms with van der Waals surface area (Å²) in [6.45, 7) is -0.140. The lowest BCUT2D eigenvalue weighted by atomic mass is 9.98. The SMILES string of the molecule is CN(CC(=O)O)C(=O)CCc1ccccc1NC(=O)OCC1c2ccccc2-c2ccccc21. The summed E-state index contributed by atoms with van der Waals surface area (Å²) in [5.41, 5.74) is 5.94. The van der Waals surface area contributed by atoms with E-state index in [1.54, 1.807) is 12.1 Å². The highest BCUT2D eigenvalue weighted by Gasteiger charge is 2.29. The van der Waals surface area contributed by atoms with E-state index in [4.69, 9.17) is 9.84 Å². The van der Waals surface area contributed by atoms with Gasteiger partial charge in [-0.05, 0) is 40.3 Å². The molecule has 174 valence electrons. The molecule has 2 N–H and O–H groups in total. The molecule has 0 bridgehead atoms. The van der Waals surface area contributed by atoms with E-state index in [0.717, 1.165) is 27.8 Å². The fourth-order valence-corrected chi connectivity index (χ4v) is 4.33.